The van der Waals surface area contributed by atoms with Crippen molar-refractivity contribution in [3.8, 4) is 23.5 Å². The molecule has 2 aliphatic rings. The molecule has 2 N–H and O–H groups in total. The fourth-order valence-corrected chi connectivity index (χ4v) is 6.82. The van der Waals surface area contributed by atoms with Gasteiger partial charge in [0.05, 0.1) is 17.9 Å². The Morgan fingerprint density at radius 1 is 0.730 bits per heavy atom. The number of ether oxygens (including phenoxy) is 4. The average Bonchev–Trinajstić information content (AvgIpc) is 3.86. The third-order valence-electron chi connectivity index (χ3n) is 9.89. The first-order valence-corrected chi connectivity index (χ1v) is 20.2. The molecule has 0 spiro atoms. The minimum Gasteiger partial charge on any atom is -0.477 e. The second-order valence-electron chi connectivity index (χ2n) is 14.9. The topological polar surface area (TPSA) is 193 Å². The highest BCUT2D eigenvalue weighted by Crippen LogP contribution is 2.27. The van der Waals surface area contributed by atoms with Crippen molar-refractivity contribution in [1.82, 2.24) is 48.9 Å². The summed E-state index contributed by atoms with van der Waals surface area (Å²) in [7, 11) is 0. The van der Waals surface area contributed by atoms with Crippen LogP contribution in [0.25, 0.3) is 11.3 Å². The number of imidazole rings is 2. The van der Waals surface area contributed by atoms with Gasteiger partial charge in [-0.15, -0.1) is 0 Å². The van der Waals surface area contributed by atoms with Crippen LogP contribution in [0.1, 0.15) is 71.6 Å². The average molecular weight is 881 g/mol. The lowest BCUT2D eigenvalue weighted by Gasteiger charge is -2.37. The molecule has 0 aromatic carbocycles. The third kappa shape index (κ3) is 12.5. The van der Waals surface area contributed by atoms with Crippen molar-refractivity contribution in [2.24, 2.45) is 0 Å². The van der Waals surface area contributed by atoms with Crippen LogP contribution in [0.15, 0.2) is 73.8 Å². The second kappa shape index (κ2) is 21.4. The Morgan fingerprint density at radius 3 is 1.76 bits per heavy atom. The van der Waals surface area contributed by atoms with Crippen molar-refractivity contribution in [3.05, 3.63) is 96.4 Å². The Hall–Kier alpha value is -6.64. The van der Waals surface area contributed by atoms with Crippen LogP contribution in [-0.2, 0) is 0 Å². The summed E-state index contributed by atoms with van der Waals surface area (Å²) in [6.07, 6.45) is 11.9. The van der Waals surface area contributed by atoms with Crippen LogP contribution in [-0.4, -0.2) is 124 Å². The molecule has 8 rings (SSSR count). The number of aromatic nitrogens is 8. The maximum absolute atomic E-state index is 13.2. The number of hydrogen-bond donors (Lipinski definition) is 2. The van der Waals surface area contributed by atoms with Crippen LogP contribution in [0.4, 0.5) is 17.6 Å². The van der Waals surface area contributed by atoms with Gasteiger partial charge in [0.15, 0.2) is 13.2 Å². The molecule has 6 aromatic heterocycles. The molecule has 0 unspecified atom stereocenters. The van der Waals surface area contributed by atoms with Gasteiger partial charge in [0.1, 0.15) is 23.3 Å². The summed E-state index contributed by atoms with van der Waals surface area (Å²) >= 11 is 0. The van der Waals surface area contributed by atoms with E-state index in [1.807, 2.05) is 48.2 Å². The van der Waals surface area contributed by atoms with Crippen molar-refractivity contribution < 1.29 is 51.2 Å². The lowest BCUT2D eigenvalue weighted by atomic mass is 10.00. The summed E-state index contributed by atoms with van der Waals surface area (Å²) in [4.78, 5) is 50.4. The molecule has 0 aliphatic carbocycles. The Kier molecular flexibility index (Phi) is 15.6. The first kappa shape index (κ1) is 45.9. The molecule has 0 radical (unpaired) electrons. The van der Waals surface area contributed by atoms with Gasteiger partial charge in [-0.2, -0.15) is 0 Å². The first-order chi connectivity index (χ1) is 30.2. The normalized spacial score (nSPS) is 18.6. The number of nitrogens with one attached hydrogen (secondary N) is 1. The predicted octanol–water partition coefficient (Wildman–Crippen LogP) is 6.13. The maximum atomic E-state index is 13.2. The molecule has 2 fully saturated rings. The molecule has 2 aliphatic heterocycles. The van der Waals surface area contributed by atoms with E-state index in [4.69, 9.17) is 19.3 Å². The second-order valence-corrected chi connectivity index (χ2v) is 14.9. The number of aryl methyl sites for hydroxylation is 2. The number of amides is 1. The summed E-state index contributed by atoms with van der Waals surface area (Å²) in [6, 6.07) is 6.27. The van der Waals surface area contributed by atoms with Crippen molar-refractivity contribution in [3.63, 3.8) is 0 Å². The molecule has 4 atom stereocenters. The fraction of sp³-hybridized carbons (Fsp3) is 0.429. The molecular weight excluding hydrogens is 833 g/mol. The number of rotatable bonds is 12. The minimum atomic E-state index is -2.65. The number of carboxylic acids is 1. The SMILES string of the molecule is Cc1cn2ccnc(O[C@@H]3CC[C@@H](C)N(C(=O)c4cccnc4OCC(F)F)C3)c2n1.Cc1cn2ccnc(O[C@@H]3CC[C@@H](C)NC3)c2n1.O=C(O)c1cccnc1OCC(F)F. The zero-order valence-corrected chi connectivity index (χ0v) is 35.0. The number of hydrogen-bond acceptors (Lipinski definition) is 13. The van der Waals surface area contributed by atoms with E-state index in [0.29, 0.717) is 30.0 Å². The van der Waals surface area contributed by atoms with E-state index in [1.165, 1.54) is 30.6 Å². The van der Waals surface area contributed by atoms with Crippen LogP contribution in [0.5, 0.6) is 23.5 Å². The molecule has 63 heavy (non-hydrogen) atoms. The lowest BCUT2D eigenvalue weighted by Crippen LogP contribution is -2.49. The number of carboxylic acid groups (broad SMARTS) is 1. The van der Waals surface area contributed by atoms with E-state index in [9.17, 15) is 27.2 Å². The predicted molar refractivity (Wildman–Crippen MR) is 219 cm³/mol. The number of alkyl halides is 4. The van der Waals surface area contributed by atoms with E-state index in [0.717, 1.165) is 49.3 Å². The largest absolute Gasteiger partial charge is 0.477 e. The van der Waals surface area contributed by atoms with Crippen molar-refractivity contribution in [2.45, 2.75) is 90.5 Å². The molecule has 0 saturated carbocycles. The molecule has 17 nitrogen and oxygen atoms in total. The Balaban J connectivity index is 0.000000174. The van der Waals surface area contributed by atoms with E-state index >= 15 is 0 Å². The fourth-order valence-electron chi connectivity index (χ4n) is 6.82. The van der Waals surface area contributed by atoms with Gasteiger partial charge in [0, 0.05) is 68.2 Å². The van der Waals surface area contributed by atoms with Crippen LogP contribution in [0, 0.1) is 13.8 Å². The van der Waals surface area contributed by atoms with E-state index in [2.05, 4.69) is 46.9 Å². The number of pyridine rings is 2. The highest BCUT2D eigenvalue weighted by molar-refractivity contribution is 5.96. The molecule has 8 heterocycles. The number of piperidine rings is 2. The number of nitrogens with zero attached hydrogens (tertiary/aromatic N) is 9. The molecule has 336 valence electrons. The zero-order chi connectivity index (χ0) is 45.0. The Bertz CT molecular complexity index is 2450. The number of likely N-dealkylation sites (tertiary alicyclic amines) is 1. The standard InChI is InChI=1S/C21H23F2N5O3.C13H18N4O.C8H7F2NO3/c1-13-10-27-9-8-25-20(18(27)26-13)31-15-6-5-14(2)28(11-15)21(29)16-4-3-7-24-19(16)30-12-17(22)23;1-9-3-4-11(7-15-9)18-13-12-16-10(2)8-17(12)6-5-14-13;9-6(10)4-14-7-5(8(12)13)2-1-3-11-7/h3-4,7-10,14-15,17H,5-6,11-12H2,1-2H3;5-6,8-9,11,15H,3-4,7H2,1-2H3;1-3,6H,4H2,(H,12,13)/t14-,15-;9-,11-;/m11./s1. The lowest BCUT2D eigenvalue weighted by molar-refractivity contribution is 0.0365. The monoisotopic (exact) mass is 880 g/mol. The molecular formula is C42H48F4N10O7. The number of carbonyl (C=O) groups excluding carboxylic acids is 1. The van der Waals surface area contributed by atoms with Gasteiger partial charge in [-0.3, -0.25) is 4.79 Å². The van der Waals surface area contributed by atoms with Crippen molar-refractivity contribution >= 4 is 23.2 Å². The van der Waals surface area contributed by atoms with Gasteiger partial charge in [-0.05, 0) is 77.6 Å². The number of aromatic carboxylic acids is 1. The van der Waals surface area contributed by atoms with Gasteiger partial charge >= 0.3 is 5.97 Å². The van der Waals surface area contributed by atoms with E-state index in [1.54, 1.807) is 29.6 Å². The van der Waals surface area contributed by atoms with Gasteiger partial charge in [0.25, 0.3) is 30.5 Å². The Morgan fingerprint density at radius 2 is 1.24 bits per heavy atom. The molecule has 6 aromatic rings. The molecule has 1 amide bonds. The van der Waals surface area contributed by atoms with E-state index in [-0.39, 0.29) is 47.0 Å². The minimum absolute atomic E-state index is 0.0482. The zero-order valence-electron chi connectivity index (χ0n) is 35.0. The molecule has 2 saturated heterocycles. The smallest absolute Gasteiger partial charge is 0.341 e. The van der Waals surface area contributed by atoms with Gasteiger partial charge in [-0.1, -0.05) is 0 Å². The third-order valence-corrected chi connectivity index (χ3v) is 9.89. The number of carbonyl (C=O) groups is 2. The highest BCUT2D eigenvalue weighted by atomic mass is 19.3. The van der Waals surface area contributed by atoms with Crippen LogP contribution < -0.4 is 24.3 Å². The summed E-state index contributed by atoms with van der Waals surface area (Å²) in [5, 5.41) is 12.0. The van der Waals surface area contributed by atoms with E-state index < -0.39 is 32.0 Å². The number of halogens is 4. The van der Waals surface area contributed by atoms with Gasteiger partial charge in [0.2, 0.25) is 23.1 Å². The van der Waals surface area contributed by atoms with Crippen LogP contribution in [0.3, 0.4) is 0 Å². The van der Waals surface area contributed by atoms with Gasteiger partial charge < -0.3 is 43.1 Å². The molecule has 0 bridgehead atoms. The van der Waals surface area contributed by atoms with Crippen LogP contribution >= 0.6 is 0 Å². The summed E-state index contributed by atoms with van der Waals surface area (Å²) in [6.45, 7) is 7.53. The highest BCUT2D eigenvalue weighted by Gasteiger charge is 2.33. The number of fused-ring (bicyclic) bond motifs is 2. The maximum Gasteiger partial charge on any atom is 0.341 e. The summed E-state index contributed by atoms with van der Waals surface area (Å²) in [5.41, 5.74) is 3.16. The van der Waals surface area contributed by atoms with Crippen molar-refractivity contribution in [1.29, 1.82) is 0 Å². The summed E-state index contributed by atoms with van der Waals surface area (Å²) in [5.74, 6) is -0.942. The molecule has 21 heteroatoms. The van der Waals surface area contributed by atoms with Crippen LogP contribution in [0.2, 0.25) is 0 Å². The first-order valence-electron chi connectivity index (χ1n) is 20.2. The summed E-state index contributed by atoms with van der Waals surface area (Å²) < 4.78 is 74.1. The Labute approximate surface area is 359 Å². The van der Waals surface area contributed by atoms with Gasteiger partial charge in [-0.25, -0.2) is 52.3 Å². The van der Waals surface area contributed by atoms with Crippen molar-refractivity contribution in [2.75, 3.05) is 26.3 Å². The quantitative estimate of drug-likeness (QED) is 0.133.